The Kier molecular flexibility index (Phi) is 7.79. The number of hydrogen-bond donors (Lipinski definition) is 3. The van der Waals surface area contributed by atoms with Gasteiger partial charge in [-0.2, -0.15) is 0 Å². The van der Waals surface area contributed by atoms with Crippen LogP contribution in [0.4, 0.5) is 5.82 Å². The summed E-state index contributed by atoms with van der Waals surface area (Å²) in [6, 6.07) is 6.49. The van der Waals surface area contributed by atoms with Crippen LogP contribution in [-0.4, -0.2) is 36.1 Å². The molecule has 2 aromatic rings. The number of aromatic nitrogens is 1. The van der Waals surface area contributed by atoms with Crippen LogP contribution in [0.1, 0.15) is 42.4 Å². The zero-order valence-corrected chi connectivity index (χ0v) is 17.2. The lowest BCUT2D eigenvalue weighted by Crippen LogP contribution is -2.32. The largest absolute Gasteiger partial charge is 0.483 e. The van der Waals surface area contributed by atoms with E-state index in [0.29, 0.717) is 5.92 Å². The molecule has 1 aromatic carbocycles. The van der Waals surface area contributed by atoms with Crippen molar-refractivity contribution in [1.29, 1.82) is 0 Å². The van der Waals surface area contributed by atoms with Gasteiger partial charge in [-0.3, -0.25) is 9.59 Å². The second-order valence-corrected chi connectivity index (χ2v) is 7.55. The molecule has 0 radical (unpaired) electrons. The van der Waals surface area contributed by atoms with E-state index in [-0.39, 0.29) is 18.3 Å². The number of rotatable bonds is 4. The third kappa shape index (κ3) is 5.21. The van der Waals surface area contributed by atoms with Gasteiger partial charge >= 0.3 is 0 Å². The summed E-state index contributed by atoms with van der Waals surface area (Å²) in [7, 11) is 1.73. The molecule has 3 rings (SSSR count). The van der Waals surface area contributed by atoms with Crippen molar-refractivity contribution >= 4 is 29.1 Å². The van der Waals surface area contributed by atoms with Gasteiger partial charge in [-0.1, -0.05) is 12.1 Å². The minimum atomic E-state index is -0.250. The van der Waals surface area contributed by atoms with Crippen LogP contribution in [0.15, 0.2) is 18.2 Å². The summed E-state index contributed by atoms with van der Waals surface area (Å²) in [4.78, 5) is 25.0. The van der Waals surface area contributed by atoms with Gasteiger partial charge in [0.25, 0.3) is 6.47 Å². The zero-order valence-electron chi connectivity index (χ0n) is 17.2. The number of carbonyl (C=O) groups is 2. The lowest BCUT2D eigenvalue weighted by atomic mass is 9.81. The number of benzene rings is 1. The maximum absolute atomic E-state index is 11.7. The summed E-state index contributed by atoms with van der Waals surface area (Å²) in [5, 5.41) is 14.4. The highest BCUT2D eigenvalue weighted by Crippen LogP contribution is 2.30. The molecule has 0 atom stereocenters. The number of fused-ring (bicyclic) bond motifs is 1. The molecule has 152 valence electrons. The molecule has 0 bridgehead atoms. The number of amides is 1. The van der Waals surface area contributed by atoms with Gasteiger partial charge in [-0.15, -0.1) is 0 Å². The van der Waals surface area contributed by atoms with Crippen molar-refractivity contribution in [3.05, 3.63) is 34.9 Å². The van der Waals surface area contributed by atoms with E-state index in [2.05, 4.69) is 49.6 Å². The van der Waals surface area contributed by atoms with Gasteiger partial charge in [0.15, 0.2) is 0 Å². The summed E-state index contributed by atoms with van der Waals surface area (Å²) in [5.74, 6) is 1.99. The van der Waals surface area contributed by atoms with Crippen LogP contribution in [0, 0.1) is 32.6 Å². The van der Waals surface area contributed by atoms with Gasteiger partial charge in [0, 0.05) is 24.9 Å². The highest BCUT2D eigenvalue weighted by atomic mass is 16.3. The first-order valence-corrected chi connectivity index (χ1v) is 9.82. The minimum absolute atomic E-state index is 0.198. The van der Waals surface area contributed by atoms with E-state index in [9.17, 15) is 4.79 Å². The molecule has 1 heterocycles. The summed E-state index contributed by atoms with van der Waals surface area (Å²) >= 11 is 0. The van der Waals surface area contributed by atoms with E-state index in [0.717, 1.165) is 43.6 Å². The molecule has 6 nitrogen and oxygen atoms in total. The van der Waals surface area contributed by atoms with Crippen LogP contribution in [-0.2, 0) is 9.59 Å². The van der Waals surface area contributed by atoms with Crippen LogP contribution in [0.5, 0.6) is 0 Å². The normalized spacial score (nSPS) is 18.7. The number of nitrogens with one attached hydrogen (secondary N) is 2. The smallest absolute Gasteiger partial charge is 0.290 e. The molecule has 1 amide bonds. The maximum Gasteiger partial charge on any atom is 0.290 e. The summed E-state index contributed by atoms with van der Waals surface area (Å²) in [6.07, 6.45) is 4.20. The Morgan fingerprint density at radius 2 is 1.82 bits per heavy atom. The molecule has 1 aliphatic rings. The van der Waals surface area contributed by atoms with Crippen LogP contribution in [0.3, 0.4) is 0 Å². The first kappa shape index (κ1) is 21.7. The lowest BCUT2D eigenvalue weighted by Gasteiger charge is -2.27. The quantitative estimate of drug-likeness (QED) is 0.696. The Hall–Kier alpha value is -2.63. The number of nitrogens with zero attached hydrogens (tertiary/aromatic N) is 1. The lowest BCUT2D eigenvalue weighted by molar-refractivity contribution is -0.125. The zero-order chi connectivity index (χ0) is 20.7. The second kappa shape index (κ2) is 10.1. The standard InChI is InChI=1S/C21H29N3O.CH2O2/c1-13-5-10-18-14(2)11-19(24-20(18)15(13)3)23-12-16-6-8-17(9-7-16)21(25)22-4;2-1-3/h5,10-11,16-17H,6-9,12H2,1-4H3,(H,22,25)(H,23,24);1H,(H,2,3). The van der Waals surface area contributed by atoms with Crippen molar-refractivity contribution in [2.24, 2.45) is 11.8 Å². The number of hydrogen-bond acceptors (Lipinski definition) is 4. The third-order valence-electron chi connectivity index (χ3n) is 5.75. The van der Waals surface area contributed by atoms with E-state index in [1.807, 2.05) is 0 Å². The van der Waals surface area contributed by atoms with Crippen LogP contribution in [0.2, 0.25) is 0 Å². The molecule has 0 saturated heterocycles. The molecular formula is C22H31N3O3. The average molecular weight is 386 g/mol. The Morgan fingerprint density at radius 3 is 2.43 bits per heavy atom. The van der Waals surface area contributed by atoms with Crippen LogP contribution >= 0.6 is 0 Å². The molecule has 0 unspecified atom stereocenters. The fourth-order valence-corrected chi connectivity index (χ4v) is 3.87. The van der Waals surface area contributed by atoms with Crippen molar-refractivity contribution < 1.29 is 14.7 Å². The Bertz CT molecular complexity index is 827. The summed E-state index contributed by atoms with van der Waals surface area (Å²) < 4.78 is 0. The summed E-state index contributed by atoms with van der Waals surface area (Å²) in [5.41, 5.74) is 4.91. The molecular weight excluding hydrogens is 354 g/mol. The Labute approximate surface area is 166 Å². The molecule has 1 aliphatic carbocycles. The van der Waals surface area contributed by atoms with E-state index in [4.69, 9.17) is 14.9 Å². The first-order valence-electron chi connectivity index (χ1n) is 9.82. The van der Waals surface area contributed by atoms with E-state index in [1.165, 1.54) is 22.1 Å². The third-order valence-corrected chi connectivity index (χ3v) is 5.75. The molecule has 1 aromatic heterocycles. The maximum atomic E-state index is 11.7. The van der Waals surface area contributed by atoms with Gasteiger partial charge in [0.2, 0.25) is 5.91 Å². The van der Waals surface area contributed by atoms with Crippen molar-refractivity contribution in [3.8, 4) is 0 Å². The predicted octanol–water partition coefficient (Wildman–Crippen LogP) is 3.83. The average Bonchev–Trinajstić information content (AvgIpc) is 2.70. The minimum Gasteiger partial charge on any atom is -0.483 e. The Morgan fingerprint density at radius 1 is 1.18 bits per heavy atom. The number of pyridine rings is 1. The van der Waals surface area contributed by atoms with Gasteiger partial charge < -0.3 is 15.7 Å². The van der Waals surface area contributed by atoms with Crippen molar-refractivity contribution in [2.75, 3.05) is 18.9 Å². The molecule has 28 heavy (non-hydrogen) atoms. The van der Waals surface area contributed by atoms with Crippen LogP contribution in [0.25, 0.3) is 10.9 Å². The fraction of sp³-hybridized carbons (Fsp3) is 0.500. The fourth-order valence-electron chi connectivity index (χ4n) is 3.87. The SMILES string of the molecule is CNC(=O)C1CCC(CNc2cc(C)c3ccc(C)c(C)c3n2)CC1.O=CO. The number of aryl methyl sites for hydroxylation is 3. The molecule has 1 saturated carbocycles. The second-order valence-electron chi connectivity index (χ2n) is 7.55. The van der Waals surface area contributed by atoms with E-state index < -0.39 is 0 Å². The molecule has 0 aliphatic heterocycles. The van der Waals surface area contributed by atoms with Gasteiger partial charge in [-0.05, 0) is 75.1 Å². The molecule has 1 fully saturated rings. The summed E-state index contributed by atoms with van der Waals surface area (Å²) in [6.45, 7) is 7.12. The number of anilines is 1. The van der Waals surface area contributed by atoms with Crippen molar-refractivity contribution in [1.82, 2.24) is 10.3 Å². The number of carboxylic acid groups (broad SMARTS) is 1. The topological polar surface area (TPSA) is 91.3 Å². The van der Waals surface area contributed by atoms with E-state index >= 15 is 0 Å². The predicted molar refractivity (Wildman–Crippen MR) is 113 cm³/mol. The van der Waals surface area contributed by atoms with Gasteiger partial charge in [0.1, 0.15) is 5.82 Å². The van der Waals surface area contributed by atoms with E-state index in [1.54, 1.807) is 7.05 Å². The highest BCUT2D eigenvalue weighted by Gasteiger charge is 2.25. The highest BCUT2D eigenvalue weighted by molar-refractivity contribution is 5.87. The molecule has 0 spiro atoms. The van der Waals surface area contributed by atoms with Crippen LogP contribution < -0.4 is 10.6 Å². The molecule has 6 heteroatoms. The Balaban J connectivity index is 0.000000878. The first-order chi connectivity index (χ1) is 13.4. The van der Waals surface area contributed by atoms with Gasteiger partial charge in [-0.25, -0.2) is 4.98 Å². The van der Waals surface area contributed by atoms with Crippen molar-refractivity contribution in [3.63, 3.8) is 0 Å². The number of carbonyl (C=O) groups excluding carboxylic acids is 1. The van der Waals surface area contributed by atoms with Crippen molar-refractivity contribution in [2.45, 2.75) is 46.5 Å². The monoisotopic (exact) mass is 385 g/mol. The van der Waals surface area contributed by atoms with Gasteiger partial charge in [0.05, 0.1) is 5.52 Å². The molecule has 3 N–H and O–H groups in total.